The molecule has 34 heavy (non-hydrogen) atoms. The summed E-state index contributed by atoms with van der Waals surface area (Å²) in [4.78, 5) is 23.9. The predicted octanol–water partition coefficient (Wildman–Crippen LogP) is 4.60. The van der Waals surface area contributed by atoms with Crippen LogP contribution in [0.4, 0.5) is 0 Å². The minimum Gasteiger partial charge on any atom is -0.479 e. The fraction of sp³-hybridized carbons (Fsp3) is 0.731. The number of carbonyl (C=O) groups is 1. The first kappa shape index (κ1) is 23.9. The molecule has 0 radical (unpaired) electrons. The van der Waals surface area contributed by atoms with Crippen LogP contribution >= 0.6 is 0 Å². The summed E-state index contributed by atoms with van der Waals surface area (Å²) in [6, 6.07) is 7.20. The molecule has 0 aromatic heterocycles. The molecule has 1 saturated carbocycles. The molecule has 8 heteroatoms. The van der Waals surface area contributed by atoms with Crippen molar-refractivity contribution >= 4 is 5.97 Å². The van der Waals surface area contributed by atoms with Gasteiger partial charge in [0, 0.05) is 18.3 Å². The first-order chi connectivity index (χ1) is 16.3. The average Bonchev–Trinajstić information content (AvgIpc) is 3.04. The van der Waals surface area contributed by atoms with E-state index < -0.39 is 30.1 Å². The summed E-state index contributed by atoms with van der Waals surface area (Å²) in [6.07, 6.45) is 2.23. The van der Waals surface area contributed by atoms with Crippen LogP contribution in [-0.4, -0.2) is 42.6 Å². The molecule has 0 amide bonds. The van der Waals surface area contributed by atoms with E-state index in [1.165, 1.54) is 0 Å². The van der Waals surface area contributed by atoms with Gasteiger partial charge in [-0.1, -0.05) is 13.8 Å². The Hall–Kier alpha value is -1.87. The number of ether oxygens (including phenoxy) is 5. The molecule has 5 aliphatic rings. The zero-order valence-electron chi connectivity index (χ0n) is 20.7. The van der Waals surface area contributed by atoms with Crippen molar-refractivity contribution in [2.75, 3.05) is 6.61 Å². The second-order valence-corrected chi connectivity index (χ2v) is 10.4. The van der Waals surface area contributed by atoms with Crippen LogP contribution in [0, 0.1) is 23.7 Å². The Morgan fingerprint density at radius 1 is 1.09 bits per heavy atom. The quantitative estimate of drug-likeness (QED) is 0.435. The van der Waals surface area contributed by atoms with E-state index in [0.29, 0.717) is 29.9 Å². The van der Waals surface area contributed by atoms with Crippen LogP contribution in [0.15, 0.2) is 24.3 Å². The lowest BCUT2D eigenvalue weighted by Crippen LogP contribution is -2.70. The third-order valence-corrected chi connectivity index (χ3v) is 8.10. The Morgan fingerprint density at radius 3 is 2.56 bits per heavy atom. The van der Waals surface area contributed by atoms with E-state index in [1.54, 1.807) is 26.0 Å². The monoisotopic (exact) mass is 476 g/mol. The normalized spacial score (nSPS) is 41.7. The van der Waals surface area contributed by atoms with E-state index in [2.05, 4.69) is 13.8 Å². The second-order valence-electron chi connectivity index (χ2n) is 10.4. The molecule has 6 rings (SSSR count). The summed E-state index contributed by atoms with van der Waals surface area (Å²) in [6.45, 7) is 10.1. The maximum Gasteiger partial charge on any atom is 0.347 e. The van der Waals surface area contributed by atoms with Crippen molar-refractivity contribution in [2.24, 2.45) is 23.7 Å². The number of hydrogen-bond acceptors (Lipinski definition) is 8. The number of hydrogen-bond donors (Lipinski definition) is 0. The molecule has 1 aromatic rings. The Labute approximate surface area is 201 Å². The number of esters is 1. The molecule has 0 N–H and O–H groups in total. The molecule has 9 atom stereocenters. The zero-order valence-corrected chi connectivity index (χ0v) is 20.7. The van der Waals surface area contributed by atoms with Crippen LogP contribution in [0.1, 0.15) is 60.3 Å². The third-order valence-electron chi connectivity index (χ3n) is 8.10. The van der Waals surface area contributed by atoms with Crippen LogP contribution in [0.25, 0.3) is 0 Å². The lowest BCUT2D eigenvalue weighted by atomic mass is 9.58. The zero-order chi connectivity index (χ0) is 24.1. The average molecular weight is 477 g/mol. The maximum atomic E-state index is 11.8. The van der Waals surface area contributed by atoms with E-state index >= 15 is 0 Å². The van der Waals surface area contributed by atoms with E-state index in [0.717, 1.165) is 25.7 Å². The highest BCUT2D eigenvalue weighted by atomic mass is 17.3. The molecule has 4 saturated heterocycles. The van der Waals surface area contributed by atoms with Crippen molar-refractivity contribution in [1.82, 2.24) is 0 Å². The molecule has 8 nitrogen and oxygen atoms in total. The second kappa shape index (κ2) is 8.97. The van der Waals surface area contributed by atoms with Gasteiger partial charge >= 0.3 is 5.97 Å². The van der Waals surface area contributed by atoms with Crippen LogP contribution < -0.4 is 9.47 Å². The third kappa shape index (κ3) is 3.98. The molecule has 1 aromatic carbocycles. The highest BCUT2D eigenvalue weighted by molar-refractivity contribution is 5.74. The van der Waals surface area contributed by atoms with Gasteiger partial charge in [0.2, 0.25) is 12.1 Å². The summed E-state index contributed by atoms with van der Waals surface area (Å²) < 4.78 is 29.8. The molecule has 2 unspecified atom stereocenters. The molecule has 2 bridgehead atoms. The SMILES string of the molecule is CCOC(=O)C(C)Oc1ccc(OC2O[C@@H]3O[C@@]4(C)CC[C@H]5[C@H](C)CC[C@@H]([C@H]2C)[C@@]35OO4)cc1. The summed E-state index contributed by atoms with van der Waals surface area (Å²) in [5, 5.41) is 0. The van der Waals surface area contributed by atoms with Gasteiger partial charge in [-0.3, -0.25) is 0 Å². The molecular weight excluding hydrogens is 440 g/mol. The highest BCUT2D eigenvalue weighted by Gasteiger charge is 2.69. The van der Waals surface area contributed by atoms with Gasteiger partial charge in [-0.2, -0.15) is 0 Å². The summed E-state index contributed by atoms with van der Waals surface area (Å²) in [5.41, 5.74) is -0.603. The van der Waals surface area contributed by atoms with Gasteiger partial charge in [-0.25, -0.2) is 14.6 Å². The van der Waals surface area contributed by atoms with Crippen molar-refractivity contribution in [2.45, 2.75) is 90.4 Å². The molecule has 1 aliphatic carbocycles. The summed E-state index contributed by atoms with van der Waals surface area (Å²) in [7, 11) is 0. The van der Waals surface area contributed by atoms with E-state index in [9.17, 15) is 4.79 Å². The molecular formula is C26H36O8. The fourth-order valence-electron chi connectivity index (χ4n) is 6.25. The summed E-state index contributed by atoms with van der Waals surface area (Å²) >= 11 is 0. The van der Waals surface area contributed by atoms with Gasteiger partial charge < -0.3 is 23.7 Å². The molecule has 4 aliphatic heterocycles. The van der Waals surface area contributed by atoms with E-state index in [-0.39, 0.29) is 17.8 Å². The predicted molar refractivity (Wildman–Crippen MR) is 121 cm³/mol. The Morgan fingerprint density at radius 2 is 1.82 bits per heavy atom. The number of benzene rings is 1. The maximum absolute atomic E-state index is 11.8. The lowest BCUT2D eigenvalue weighted by molar-refractivity contribution is -0.575. The number of rotatable bonds is 6. The van der Waals surface area contributed by atoms with Gasteiger partial charge in [0.15, 0.2) is 18.0 Å². The number of carbonyl (C=O) groups excluding carboxylic acids is 1. The molecule has 188 valence electrons. The van der Waals surface area contributed by atoms with E-state index in [4.69, 9.17) is 33.5 Å². The first-order valence-corrected chi connectivity index (χ1v) is 12.6. The fourth-order valence-corrected chi connectivity index (χ4v) is 6.25. The van der Waals surface area contributed by atoms with Crippen molar-refractivity contribution in [3.63, 3.8) is 0 Å². The van der Waals surface area contributed by atoms with Gasteiger partial charge in [0.05, 0.1) is 6.61 Å². The smallest absolute Gasteiger partial charge is 0.347 e. The van der Waals surface area contributed by atoms with Gasteiger partial charge in [0.1, 0.15) is 11.5 Å². The minimum atomic E-state index is -0.808. The molecule has 5 fully saturated rings. The largest absolute Gasteiger partial charge is 0.479 e. The summed E-state index contributed by atoms with van der Waals surface area (Å²) in [5.74, 6) is 1.15. The van der Waals surface area contributed by atoms with Crippen molar-refractivity contribution in [3.05, 3.63) is 24.3 Å². The lowest BCUT2D eigenvalue weighted by Gasteiger charge is -2.60. The van der Waals surface area contributed by atoms with Crippen LogP contribution in [0.3, 0.4) is 0 Å². The van der Waals surface area contributed by atoms with Crippen LogP contribution in [0.5, 0.6) is 11.5 Å². The highest BCUT2D eigenvalue weighted by Crippen LogP contribution is 2.60. The van der Waals surface area contributed by atoms with Gasteiger partial charge in [0.25, 0.3) is 0 Å². The Balaban J connectivity index is 1.31. The Bertz CT molecular complexity index is 889. The first-order valence-electron chi connectivity index (χ1n) is 12.6. The van der Waals surface area contributed by atoms with Crippen LogP contribution in [0.2, 0.25) is 0 Å². The van der Waals surface area contributed by atoms with Gasteiger partial charge in [-0.05, 0) is 76.1 Å². The van der Waals surface area contributed by atoms with Crippen molar-refractivity contribution in [1.29, 1.82) is 0 Å². The minimum absolute atomic E-state index is 0.0840. The topological polar surface area (TPSA) is 81.7 Å². The van der Waals surface area contributed by atoms with Crippen molar-refractivity contribution < 1.29 is 38.3 Å². The van der Waals surface area contributed by atoms with Crippen molar-refractivity contribution in [3.8, 4) is 11.5 Å². The Kier molecular flexibility index (Phi) is 6.29. The number of fused-ring (bicyclic) bond motifs is 2. The standard InChI is InChI=1S/C26H36O8/c1-6-28-22(27)17(4)29-18-8-10-19(11-9-18)30-23-16(3)21-12-7-15(2)20-13-14-25(5)32-24(31-23)26(20,21)34-33-25/h8-11,15-17,20-21,23-24H,6-7,12-14H2,1-5H3/t15-,16-,17?,20+,21+,23?,24-,25-,26-/m1/s1. The molecule has 1 spiro atoms. The van der Waals surface area contributed by atoms with Crippen LogP contribution in [-0.2, 0) is 28.8 Å². The van der Waals surface area contributed by atoms with E-state index in [1.807, 2.05) is 19.1 Å². The van der Waals surface area contributed by atoms with Gasteiger partial charge in [-0.15, -0.1) is 0 Å². The molecule has 4 heterocycles.